The Bertz CT molecular complexity index is 2530. The number of fused-ring (bicyclic) bond motifs is 2. The predicted molar refractivity (Wildman–Crippen MR) is 311 cm³/mol. The average Bonchev–Trinajstić information content (AvgIpc) is 4.14. The van der Waals surface area contributed by atoms with Crippen molar-refractivity contribution in [1.82, 2.24) is 63.0 Å². The van der Waals surface area contributed by atoms with E-state index < -0.39 is 195 Å². The molecule has 31 heteroatoms. The van der Waals surface area contributed by atoms with E-state index in [0.717, 1.165) is 50.0 Å². The first-order valence-electron chi connectivity index (χ1n) is 30.1. The van der Waals surface area contributed by atoms with Gasteiger partial charge in [-0.2, -0.15) is 0 Å². The third-order valence-electron chi connectivity index (χ3n) is 15.1. The zero-order valence-electron chi connectivity index (χ0n) is 50.8. The van der Waals surface area contributed by atoms with Gasteiger partial charge in [-0.3, -0.25) is 71.9 Å². The lowest BCUT2D eigenvalue weighted by atomic mass is 9.96. The van der Waals surface area contributed by atoms with Crippen LogP contribution >= 0.6 is 0 Å². The minimum Gasteiger partial charge on any atom is -0.481 e. The van der Waals surface area contributed by atoms with Crippen molar-refractivity contribution < 1.29 is 92.3 Å². The molecule has 3 heterocycles. The van der Waals surface area contributed by atoms with Crippen LogP contribution < -0.4 is 53.2 Å². The van der Waals surface area contributed by atoms with Crippen LogP contribution in [0.1, 0.15) is 150 Å². The molecule has 0 saturated carbocycles. The number of nitrogens with zero attached hydrogens (tertiary/aromatic N) is 2. The summed E-state index contributed by atoms with van der Waals surface area (Å²) in [6, 6.07) is -13.2. The molecule has 31 nitrogen and oxygen atoms in total. The molecule has 0 radical (unpaired) electrons. The molecule has 12 amide bonds. The largest absolute Gasteiger partial charge is 0.481 e. The molecular weight excluding hydrogens is 1160 g/mol. The third-order valence-corrected chi connectivity index (χ3v) is 15.1. The summed E-state index contributed by atoms with van der Waals surface area (Å²) in [5.74, 6) is -17.2. The molecule has 3 aliphatic heterocycles. The number of carbonyl (C=O) groups excluding carboxylic acids is 12. The summed E-state index contributed by atoms with van der Waals surface area (Å²) in [6.45, 7) is 5.06. The normalized spacial score (nSPS) is 24.1. The smallest absolute Gasteiger partial charge is 0.305 e. The maximum atomic E-state index is 14.8. The van der Waals surface area contributed by atoms with E-state index >= 15 is 0 Å². The molecular formula is C57H90N12O19. The molecule has 10 atom stereocenters. The highest BCUT2D eigenvalue weighted by Gasteiger charge is 2.43. The van der Waals surface area contributed by atoms with Crippen molar-refractivity contribution in [3.8, 4) is 0 Å². The number of carboxylic acid groups (broad SMARTS) is 3. The van der Waals surface area contributed by atoms with Gasteiger partial charge in [0.25, 0.3) is 0 Å². The summed E-state index contributed by atoms with van der Waals surface area (Å²) in [4.78, 5) is 202. The first kappa shape index (κ1) is 74.0. The van der Waals surface area contributed by atoms with Crippen molar-refractivity contribution in [2.45, 2.75) is 205 Å². The van der Waals surface area contributed by atoms with Crippen molar-refractivity contribution in [3.05, 3.63) is 12.2 Å². The molecule has 0 aromatic carbocycles. The Morgan fingerprint density at radius 1 is 0.580 bits per heavy atom. The predicted octanol–water partition coefficient (Wildman–Crippen LogP) is -2.68. The lowest BCUT2D eigenvalue weighted by molar-refractivity contribution is -0.146. The van der Waals surface area contributed by atoms with E-state index in [0.29, 0.717) is 25.2 Å². The second-order valence-corrected chi connectivity index (χ2v) is 22.8. The van der Waals surface area contributed by atoms with Crippen LogP contribution in [0.15, 0.2) is 12.2 Å². The highest BCUT2D eigenvalue weighted by atomic mass is 16.4. The molecule has 0 aromatic rings. The Morgan fingerprint density at radius 2 is 1.08 bits per heavy atom. The number of aliphatic hydroxyl groups is 1. The number of allylic oxidation sites excluding steroid dienone is 1. The van der Waals surface area contributed by atoms with Gasteiger partial charge in [-0.25, -0.2) is 0 Å². The van der Waals surface area contributed by atoms with Gasteiger partial charge in [0, 0.05) is 19.6 Å². The summed E-state index contributed by atoms with van der Waals surface area (Å²) < 4.78 is 0. The minimum atomic E-state index is -1.90. The van der Waals surface area contributed by atoms with Gasteiger partial charge in [-0.05, 0) is 69.8 Å². The van der Waals surface area contributed by atoms with Gasteiger partial charge in [-0.15, -0.1) is 0 Å². The standard InChI is InChI=1S/C57H90N12O19/c1-6-33(4)48-57(88)69-24-18-21-40(69)53(84)58-28-38(65-52(83)37(27-47(79)80)62-41(71)22-15-13-11-9-7-8-10-12-14-19-32(2)3)56(87)68-23-17-16-20-39(68)54(85)61-30-43(73)64-35(25-45(75)76)50(81)59-29-42(72)63-36(26-46(77)78)51(82)60-31-44(74)66-49(34(5)70)55(86)67-48/h15,22,32-40,48-49,70H,6-14,16-21,23-31H2,1-5H3,(H,58,84)(H,59,81)(H,60,82)(H,61,85)(H,62,71)(H,63,72)(H,64,73)(H,65,83)(H,66,74)(H,67,86)(H,75,76)(H,77,78)(H,79,80)/b22-15+/t33?,34?,35-,36-,37-,38-,39?,40-,48-,49+/m0/s1. The van der Waals surface area contributed by atoms with Crippen LogP contribution in [0.5, 0.6) is 0 Å². The van der Waals surface area contributed by atoms with Gasteiger partial charge in [-0.1, -0.05) is 85.1 Å². The van der Waals surface area contributed by atoms with Crippen LogP contribution in [0.2, 0.25) is 0 Å². The SMILES string of the molecule is CCC(C)[C@@H]1NC(=O)[C@@H](C(C)O)NC(=O)CNC(=O)[C@H](CC(=O)O)NC(=O)CNC(=O)[C@H](CC(=O)O)NC(=O)CNC(=O)C2CCCCN2C(=O)[C@@H](NC(=O)[C@H](CC(=O)O)NC(=O)/C=C/CCCCCCCCCC(C)C)CNC(=O)[C@@H]2CCCN2C1=O. The molecule has 0 aliphatic carbocycles. The zero-order chi connectivity index (χ0) is 65.6. The van der Waals surface area contributed by atoms with Crippen LogP contribution in [0, 0.1) is 11.8 Å². The number of hydrogen-bond acceptors (Lipinski definition) is 16. The molecule has 88 heavy (non-hydrogen) atoms. The number of hydrogen-bond donors (Lipinski definition) is 14. The highest BCUT2D eigenvalue weighted by Crippen LogP contribution is 2.23. The first-order valence-corrected chi connectivity index (χ1v) is 30.1. The Hall–Kier alpha value is -8.25. The van der Waals surface area contributed by atoms with Gasteiger partial charge >= 0.3 is 17.9 Å². The maximum absolute atomic E-state index is 14.8. The number of unbranched alkanes of at least 4 members (excludes halogenated alkanes) is 7. The number of carboxylic acids is 3. The average molecular weight is 1250 g/mol. The van der Waals surface area contributed by atoms with Crippen molar-refractivity contribution in [2.75, 3.05) is 39.3 Å². The molecule has 492 valence electrons. The molecule has 3 fully saturated rings. The van der Waals surface area contributed by atoms with E-state index in [9.17, 15) is 92.3 Å². The monoisotopic (exact) mass is 1250 g/mol. The number of carbonyl (C=O) groups is 15. The quantitative estimate of drug-likeness (QED) is 0.0366. The molecule has 3 unspecified atom stereocenters. The van der Waals surface area contributed by atoms with E-state index in [1.165, 1.54) is 24.2 Å². The maximum Gasteiger partial charge on any atom is 0.305 e. The van der Waals surface area contributed by atoms with Gasteiger partial charge in [0.15, 0.2) is 0 Å². The number of amides is 12. The van der Waals surface area contributed by atoms with Gasteiger partial charge in [0.1, 0.15) is 48.3 Å². The molecule has 0 aromatic heterocycles. The van der Waals surface area contributed by atoms with Crippen LogP contribution in [-0.4, -0.2) is 213 Å². The van der Waals surface area contributed by atoms with E-state index in [4.69, 9.17) is 0 Å². The van der Waals surface area contributed by atoms with Gasteiger partial charge in [0.2, 0.25) is 70.9 Å². The fourth-order valence-electron chi connectivity index (χ4n) is 10.1. The first-order chi connectivity index (χ1) is 41.6. The third kappa shape index (κ3) is 26.0. The van der Waals surface area contributed by atoms with E-state index in [2.05, 4.69) is 67.0 Å². The van der Waals surface area contributed by atoms with E-state index in [1.807, 2.05) is 0 Å². The number of piperidine rings is 1. The number of nitrogens with one attached hydrogen (secondary N) is 10. The van der Waals surface area contributed by atoms with Crippen molar-refractivity contribution >= 4 is 88.8 Å². The Kier molecular flexibility index (Phi) is 32.1. The lowest BCUT2D eigenvalue weighted by Gasteiger charge is -2.37. The molecule has 14 N–H and O–H groups in total. The number of rotatable bonds is 23. The zero-order valence-corrected chi connectivity index (χ0v) is 50.8. The van der Waals surface area contributed by atoms with Crippen molar-refractivity contribution in [3.63, 3.8) is 0 Å². The Balaban J connectivity index is 2.02. The molecule has 0 spiro atoms. The van der Waals surface area contributed by atoms with Crippen LogP contribution in [0.4, 0.5) is 0 Å². The fourth-order valence-corrected chi connectivity index (χ4v) is 10.1. The summed E-state index contributed by atoms with van der Waals surface area (Å²) in [5, 5.41) is 62.4. The van der Waals surface area contributed by atoms with E-state index in [1.54, 1.807) is 19.9 Å². The summed E-state index contributed by atoms with van der Waals surface area (Å²) >= 11 is 0. The Morgan fingerprint density at radius 3 is 1.61 bits per heavy atom. The van der Waals surface area contributed by atoms with Gasteiger partial charge in [0.05, 0.1) is 45.0 Å². The lowest BCUT2D eigenvalue weighted by Crippen LogP contribution is -2.63. The second kappa shape index (κ2) is 38.1. The number of aliphatic carboxylic acids is 3. The van der Waals surface area contributed by atoms with Crippen molar-refractivity contribution in [1.29, 1.82) is 0 Å². The molecule has 3 rings (SSSR count). The van der Waals surface area contributed by atoms with Crippen molar-refractivity contribution in [2.24, 2.45) is 11.8 Å². The second-order valence-electron chi connectivity index (χ2n) is 22.8. The summed E-state index contributed by atoms with van der Waals surface area (Å²) in [7, 11) is 0. The molecule has 3 saturated heterocycles. The summed E-state index contributed by atoms with van der Waals surface area (Å²) in [6.07, 6.45) is 8.26. The highest BCUT2D eigenvalue weighted by molar-refractivity contribution is 6.00. The van der Waals surface area contributed by atoms with Crippen LogP contribution in [0.25, 0.3) is 0 Å². The van der Waals surface area contributed by atoms with Crippen LogP contribution in [-0.2, 0) is 71.9 Å². The van der Waals surface area contributed by atoms with Gasteiger partial charge < -0.3 is 83.4 Å². The Labute approximate surface area is 510 Å². The van der Waals surface area contributed by atoms with Crippen LogP contribution in [0.3, 0.4) is 0 Å². The van der Waals surface area contributed by atoms with E-state index in [-0.39, 0.29) is 38.8 Å². The number of aliphatic hydroxyl groups excluding tert-OH is 1. The molecule has 0 bridgehead atoms. The topological polar surface area (TPSA) is 464 Å². The minimum absolute atomic E-state index is 0.0161. The fraction of sp³-hybridized carbons (Fsp3) is 0.702. The summed E-state index contributed by atoms with van der Waals surface area (Å²) in [5.41, 5.74) is 0. The molecule has 3 aliphatic rings.